The van der Waals surface area contributed by atoms with Crippen molar-refractivity contribution in [3.8, 4) is 22.6 Å². The van der Waals surface area contributed by atoms with Crippen LogP contribution in [-0.2, 0) is 16.6 Å². The zero-order valence-corrected chi connectivity index (χ0v) is 20.0. The van der Waals surface area contributed by atoms with Crippen molar-refractivity contribution in [1.82, 2.24) is 33.9 Å². The number of carbonyl (C=O) groups is 1. The van der Waals surface area contributed by atoms with E-state index in [1.807, 2.05) is 50.0 Å². The fraction of sp³-hybridized carbons (Fsp3) is 0.240. The molecular formula is C25H26FN7O2. The first-order chi connectivity index (χ1) is 17.0. The number of methoxy groups -OCH3 is 1. The summed E-state index contributed by atoms with van der Waals surface area (Å²) < 4.78 is 23.6. The number of ether oxygens (including phenoxy) is 1. The third-order valence-electron chi connectivity index (χ3n) is 5.41. The predicted octanol–water partition coefficient (Wildman–Crippen LogP) is 4.31. The number of halogens is 1. The van der Waals surface area contributed by atoms with Gasteiger partial charge in [0, 0.05) is 43.5 Å². The Hall–Kier alpha value is -4.34. The number of aryl methyl sites for hydroxylation is 1. The van der Waals surface area contributed by atoms with E-state index in [-0.39, 0.29) is 12.2 Å². The summed E-state index contributed by atoms with van der Waals surface area (Å²) >= 11 is 0. The standard InChI is InChI=1S/C23H20FN7O2.C2H6/c1-29-13-16(11-26-29)19-9-21-25-7-8-30(21)23(28-19)17-12-27-31(14-17)20(10-22(32)33-2)15-3-5-18(24)6-4-15;1-2/h3-9,11-14,20H,10H2,1-2H3;1-2H3. The molecule has 0 aliphatic heterocycles. The minimum atomic E-state index is -0.466. The fourth-order valence-corrected chi connectivity index (χ4v) is 3.74. The van der Waals surface area contributed by atoms with Crippen molar-refractivity contribution < 1.29 is 13.9 Å². The average Bonchev–Trinajstić information content (AvgIpc) is 3.64. The Labute approximate surface area is 201 Å². The number of carbonyl (C=O) groups excluding carboxylic acids is 1. The summed E-state index contributed by atoms with van der Waals surface area (Å²) in [5.41, 5.74) is 3.80. The zero-order valence-electron chi connectivity index (χ0n) is 20.0. The topological polar surface area (TPSA) is 92.1 Å². The lowest BCUT2D eigenvalue weighted by Crippen LogP contribution is -2.16. The Morgan fingerprint density at radius 1 is 1.09 bits per heavy atom. The van der Waals surface area contributed by atoms with Crippen molar-refractivity contribution in [2.45, 2.75) is 26.3 Å². The summed E-state index contributed by atoms with van der Waals surface area (Å²) in [6.45, 7) is 4.00. The minimum Gasteiger partial charge on any atom is -0.469 e. The Kier molecular flexibility index (Phi) is 7.00. The van der Waals surface area contributed by atoms with Crippen LogP contribution < -0.4 is 0 Å². The molecular weight excluding hydrogens is 449 g/mol. The highest BCUT2D eigenvalue weighted by Crippen LogP contribution is 2.28. The van der Waals surface area contributed by atoms with E-state index in [0.29, 0.717) is 5.82 Å². The number of benzene rings is 1. The van der Waals surface area contributed by atoms with Gasteiger partial charge < -0.3 is 4.74 Å². The Bertz CT molecular complexity index is 1440. The third kappa shape index (κ3) is 4.96. The van der Waals surface area contributed by atoms with Gasteiger partial charge in [0.2, 0.25) is 0 Å². The molecule has 0 saturated heterocycles. The van der Waals surface area contributed by atoms with Gasteiger partial charge in [-0.05, 0) is 17.7 Å². The first-order valence-electron chi connectivity index (χ1n) is 11.2. The van der Waals surface area contributed by atoms with Crippen molar-refractivity contribution in [2.75, 3.05) is 7.11 Å². The molecule has 4 aromatic heterocycles. The van der Waals surface area contributed by atoms with Gasteiger partial charge in [0.15, 0.2) is 0 Å². The molecule has 0 amide bonds. The lowest BCUT2D eigenvalue weighted by molar-refractivity contribution is -0.141. The number of rotatable bonds is 6. The number of hydrogen-bond acceptors (Lipinski definition) is 6. The van der Waals surface area contributed by atoms with Gasteiger partial charge in [-0.1, -0.05) is 26.0 Å². The van der Waals surface area contributed by atoms with E-state index in [0.717, 1.165) is 28.0 Å². The molecule has 0 aliphatic carbocycles. The second-order valence-corrected chi connectivity index (χ2v) is 7.58. The van der Waals surface area contributed by atoms with Crippen LogP contribution in [0.1, 0.15) is 31.9 Å². The van der Waals surface area contributed by atoms with Gasteiger partial charge in [-0.3, -0.25) is 18.6 Å². The quantitative estimate of drug-likeness (QED) is 0.340. The van der Waals surface area contributed by atoms with E-state index in [2.05, 4.69) is 15.2 Å². The van der Waals surface area contributed by atoms with E-state index in [4.69, 9.17) is 9.72 Å². The maximum Gasteiger partial charge on any atom is 0.308 e. The van der Waals surface area contributed by atoms with Crippen molar-refractivity contribution in [3.63, 3.8) is 0 Å². The highest BCUT2D eigenvalue weighted by Gasteiger charge is 2.21. The molecule has 1 aromatic carbocycles. The average molecular weight is 476 g/mol. The van der Waals surface area contributed by atoms with Gasteiger partial charge in [-0.2, -0.15) is 10.2 Å². The first kappa shape index (κ1) is 23.8. The molecule has 4 heterocycles. The number of hydrogen-bond donors (Lipinski definition) is 0. The van der Waals surface area contributed by atoms with Crippen LogP contribution in [0.5, 0.6) is 0 Å². The molecule has 5 rings (SSSR count). The lowest BCUT2D eigenvalue weighted by atomic mass is 10.0. The van der Waals surface area contributed by atoms with Crippen LogP contribution in [0.4, 0.5) is 4.39 Å². The SMILES string of the molecule is CC.COC(=O)CC(c1ccc(F)cc1)n1cc(-c2nc(-c3cnn(C)c3)cc3nccn23)cn1. The summed E-state index contributed by atoms with van der Waals surface area (Å²) in [5, 5.41) is 8.73. The Morgan fingerprint density at radius 3 is 2.51 bits per heavy atom. The van der Waals surface area contributed by atoms with Crippen LogP contribution in [0, 0.1) is 5.82 Å². The van der Waals surface area contributed by atoms with E-state index in [1.165, 1.54) is 19.2 Å². The lowest BCUT2D eigenvalue weighted by Gasteiger charge is -2.17. The van der Waals surface area contributed by atoms with Crippen molar-refractivity contribution in [1.29, 1.82) is 0 Å². The largest absolute Gasteiger partial charge is 0.469 e. The molecule has 9 nitrogen and oxygen atoms in total. The zero-order chi connectivity index (χ0) is 24.9. The number of fused-ring (bicyclic) bond motifs is 1. The Morgan fingerprint density at radius 2 is 1.83 bits per heavy atom. The molecule has 10 heteroatoms. The minimum absolute atomic E-state index is 0.0485. The molecule has 35 heavy (non-hydrogen) atoms. The predicted molar refractivity (Wildman–Crippen MR) is 129 cm³/mol. The molecule has 5 aromatic rings. The maximum absolute atomic E-state index is 13.5. The van der Waals surface area contributed by atoms with Crippen LogP contribution in [0.15, 0.2) is 67.5 Å². The molecule has 0 fully saturated rings. The molecule has 0 bridgehead atoms. The number of aromatic nitrogens is 7. The van der Waals surface area contributed by atoms with Gasteiger partial charge >= 0.3 is 5.97 Å². The van der Waals surface area contributed by atoms with Gasteiger partial charge in [0.25, 0.3) is 0 Å². The van der Waals surface area contributed by atoms with Crippen molar-refractivity contribution in [3.05, 3.63) is 78.9 Å². The van der Waals surface area contributed by atoms with Crippen LogP contribution in [0.2, 0.25) is 0 Å². The highest BCUT2D eigenvalue weighted by molar-refractivity contribution is 5.71. The van der Waals surface area contributed by atoms with E-state index < -0.39 is 12.0 Å². The maximum atomic E-state index is 13.5. The second-order valence-electron chi connectivity index (χ2n) is 7.58. The Balaban J connectivity index is 0.00000141. The first-order valence-corrected chi connectivity index (χ1v) is 11.2. The van der Waals surface area contributed by atoms with E-state index in [1.54, 1.807) is 40.1 Å². The molecule has 180 valence electrons. The van der Waals surface area contributed by atoms with Gasteiger partial charge in [0.1, 0.15) is 17.3 Å². The van der Waals surface area contributed by atoms with E-state index >= 15 is 0 Å². The molecule has 0 aliphatic rings. The van der Waals surface area contributed by atoms with Crippen molar-refractivity contribution >= 4 is 11.6 Å². The normalized spacial score (nSPS) is 11.7. The third-order valence-corrected chi connectivity index (χ3v) is 5.41. The highest BCUT2D eigenvalue weighted by atomic mass is 19.1. The summed E-state index contributed by atoms with van der Waals surface area (Å²) in [5.74, 6) is -0.100. The summed E-state index contributed by atoms with van der Waals surface area (Å²) in [6, 6.07) is 7.42. The van der Waals surface area contributed by atoms with Crippen LogP contribution in [-0.4, -0.2) is 47.0 Å². The van der Waals surface area contributed by atoms with Crippen LogP contribution in [0.25, 0.3) is 28.3 Å². The molecule has 0 spiro atoms. The van der Waals surface area contributed by atoms with Crippen LogP contribution in [0.3, 0.4) is 0 Å². The fourth-order valence-electron chi connectivity index (χ4n) is 3.74. The van der Waals surface area contributed by atoms with Crippen molar-refractivity contribution in [2.24, 2.45) is 7.05 Å². The van der Waals surface area contributed by atoms with E-state index in [9.17, 15) is 9.18 Å². The van der Waals surface area contributed by atoms with Gasteiger partial charge in [-0.15, -0.1) is 0 Å². The monoisotopic (exact) mass is 475 g/mol. The van der Waals surface area contributed by atoms with Crippen LogP contribution >= 0.6 is 0 Å². The number of imidazole rings is 1. The van der Waals surface area contributed by atoms with Gasteiger partial charge in [0.05, 0.1) is 43.2 Å². The molecule has 0 N–H and O–H groups in total. The van der Waals surface area contributed by atoms with Gasteiger partial charge in [-0.25, -0.2) is 14.4 Å². The summed E-state index contributed by atoms with van der Waals surface area (Å²) in [7, 11) is 3.18. The smallest absolute Gasteiger partial charge is 0.308 e. The molecule has 1 unspecified atom stereocenters. The molecule has 1 atom stereocenters. The molecule has 0 saturated carbocycles. The summed E-state index contributed by atoms with van der Waals surface area (Å²) in [6.07, 6.45) is 10.7. The second kappa shape index (κ2) is 10.3. The summed E-state index contributed by atoms with van der Waals surface area (Å²) in [4.78, 5) is 21.3. The number of nitrogens with zero attached hydrogens (tertiary/aromatic N) is 7. The number of esters is 1. The molecule has 0 radical (unpaired) electrons.